The van der Waals surface area contributed by atoms with Crippen molar-refractivity contribution in [2.75, 3.05) is 13.1 Å². The van der Waals surface area contributed by atoms with Crippen molar-refractivity contribution in [1.82, 2.24) is 15.5 Å². The molecule has 2 aromatic rings. The summed E-state index contributed by atoms with van der Waals surface area (Å²) >= 11 is 0. The van der Waals surface area contributed by atoms with E-state index >= 15 is 0 Å². The molecule has 1 saturated heterocycles. The fourth-order valence-corrected chi connectivity index (χ4v) is 3.50. The first kappa shape index (κ1) is 13.0. The Balaban J connectivity index is 1.74. The van der Waals surface area contributed by atoms with Crippen LogP contribution >= 0.6 is 0 Å². The van der Waals surface area contributed by atoms with Gasteiger partial charge in [0.2, 0.25) is 5.89 Å². The van der Waals surface area contributed by atoms with Gasteiger partial charge in [0.05, 0.1) is 5.41 Å². The molecule has 2 unspecified atom stereocenters. The van der Waals surface area contributed by atoms with E-state index < -0.39 is 0 Å². The first-order chi connectivity index (χ1) is 10.3. The van der Waals surface area contributed by atoms with E-state index in [1.54, 1.807) is 0 Å². The molecule has 4 nitrogen and oxygen atoms in total. The van der Waals surface area contributed by atoms with Crippen LogP contribution in [0.3, 0.4) is 0 Å². The van der Waals surface area contributed by atoms with E-state index in [1.165, 1.54) is 12.0 Å². The third-order valence-electron chi connectivity index (χ3n) is 5.08. The minimum Gasteiger partial charge on any atom is -0.338 e. The highest BCUT2D eigenvalue weighted by Gasteiger charge is 2.43. The van der Waals surface area contributed by atoms with Crippen LogP contribution in [-0.2, 0) is 5.41 Å². The SMILES string of the molecule is CC1CC1c1noc(C2(c3ccccc3)CCNCC2)n1. The second-order valence-electron chi connectivity index (χ2n) is 6.48. The van der Waals surface area contributed by atoms with Crippen LogP contribution in [-0.4, -0.2) is 23.2 Å². The number of nitrogens with one attached hydrogen (secondary N) is 1. The first-order valence-corrected chi connectivity index (χ1v) is 7.90. The van der Waals surface area contributed by atoms with E-state index in [0.29, 0.717) is 11.8 Å². The Morgan fingerprint density at radius 3 is 2.57 bits per heavy atom. The lowest BCUT2D eigenvalue weighted by Crippen LogP contribution is -2.41. The average Bonchev–Trinajstić information content (AvgIpc) is 3.08. The molecule has 0 bridgehead atoms. The molecule has 1 aliphatic carbocycles. The Morgan fingerprint density at radius 2 is 1.90 bits per heavy atom. The zero-order valence-electron chi connectivity index (χ0n) is 12.4. The van der Waals surface area contributed by atoms with Gasteiger partial charge in [0.1, 0.15) is 0 Å². The topological polar surface area (TPSA) is 51.0 Å². The molecule has 2 heterocycles. The van der Waals surface area contributed by atoms with Crippen molar-refractivity contribution in [3.63, 3.8) is 0 Å². The molecule has 4 rings (SSSR count). The van der Waals surface area contributed by atoms with Crippen LogP contribution in [0, 0.1) is 5.92 Å². The van der Waals surface area contributed by atoms with E-state index in [4.69, 9.17) is 9.51 Å². The van der Waals surface area contributed by atoms with Gasteiger partial charge in [0, 0.05) is 5.92 Å². The van der Waals surface area contributed by atoms with Gasteiger partial charge in [-0.1, -0.05) is 42.4 Å². The predicted octanol–water partition coefficient (Wildman–Crippen LogP) is 2.86. The summed E-state index contributed by atoms with van der Waals surface area (Å²) in [5.74, 6) is 2.93. The first-order valence-electron chi connectivity index (χ1n) is 7.90. The molecule has 1 saturated carbocycles. The standard InChI is InChI=1S/C17H21N3O/c1-12-11-14(12)15-19-16(21-20-15)17(7-9-18-10-8-17)13-5-3-2-4-6-13/h2-6,12,14,18H,7-11H2,1H3. The highest BCUT2D eigenvalue weighted by atomic mass is 16.5. The number of benzene rings is 1. The van der Waals surface area contributed by atoms with Gasteiger partial charge in [0.15, 0.2) is 5.82 Å². The maximum Gasteiger partial charge on any atom is 0.237 e. The van der Waals surface area contributed by atoms with Gasteiger partial charge in [-0.2, -0.15) is 4.98 Å². The average molecular weight is 283 g/mol. The molecule has 0 amide bonds. The van der Waals surface area contributed by atoms with Gasteiger partial charge in [-0.3, -0.25) is 0 Å². The molecule has 0 spiro atoms. The minimum absolute atomic E-state index is 0.115. The van der Waals surface area contributed by atoms with Gasteiger partial charge in [-0.15, -0.1) is 0 Å². The molecular weight excluding hydrogens is 262 g/mol. The molecule has 1 aromatic carbocycles. The minimum atomic E-state index is -0.115. The van der Waals surface area contributed by atoms with Crippen LogP contribution in [0.1, 0.15) is 49.4 Å². The number of hydrogen-bond donors (Lipinski definition) is 1. The fraction of sp³-hybridized carbons (Fsp3) is 0.529. The van der Waals surface area contributed by atoms with Crippen molar-refractivity contribution in [1.29, 1.82) is 0 Å². The third kappa shape index (κ3) is 2.18. The van der Waals surface area contributed by atoms with E-state index in [2.05, 4.69) is 47.7 Å². The van der Waals surface area contributed by atoms with Crippen LogP contribution < -0.4 is 5.32 Å². The van der Waals surface area contributed by atoms with Crippen LogP contribution in [0.25, 0.3) is 0 Å². The third-order valence-corrected chi connectivity index (χ3v) is 5.08. The summed E-state index contributed by atoms with van der Waals surface area (Å²) in [6, 6.07) is 10.6. The number of piperidine rings is 1. The Bertz CT molecular complexity index is 616. The lowest BCUT2D eigenvalue weighted by atomic mass is 9.73. The lowest BCUT2D eigenvalue weighted by Gasteiger charge is -2.34. The number of rotatable bonds is 3. The zero-order valence-corrected chi connectivity index (χ0v) is 12.4. The summed E-state index contributed by atoms with van der Waals surface area (Å²) in [4.78, 5) is 4.79. The number of nitrogens with zero attached hydrogens (tertiary/aromatic N) is 2. The Kier molecular flexibility index (Phi) is 3.07. The molecule has 21 heavy (non-hydrogen) atoms. The van der Waals surface area contributed by atoms with Gasteiger partial charge in [-0.05, 0) is 43.8 Å². The Morgan fingerprint density at radius 1 is 1.19 bits per heavy atom. The summed E-state index contributed by atoms with van der Waals surface area (Å²) in [7, 11) is 0. The molecule has 2 atom stereocenters. The summed E-state index contributed by atoms with van der Waals surface area (Å²) in [6.07, 6.45) is 3.22. The summed E-state index contributed by atoms with van der Waals surface area (Å²) in [5, 5.41) is 7.71. The molecule has 1 N–H and O–H groups in total. The van der Waals surface area contributed by atoms with Crippen LogP contribution in [0.4, 0.5) is 0 Å². The molecule has 4 heteroatoms. The molecule has 0 radical (unpaired) electrons. The highest BCUT2D eigenvalue weighted by Crippen LogP contribution is 2.47. The van der Waals surface area contributed by atoms with Gasteiger partial charge in [0.25, 0.3) is 0 Å². The maximum atomic E-state index is 5.72. The number of hydrogen-bond acceptors (Lipinski definition) is 4. The summed E-state index contributed by atoms with van der Waals surface area (Å²) in [6.45, 7) is 4.23. The molecule has 1 aliphatic heterocycles. The van der Waals surface area contributed by atoms with E-state index in [1.807, 2.05) is 0 Å². The van der Waals surface area contributed by atoms with Crippen molar-refractivity contribution < 1.29 is 4.52 Å². The molecule has 110 valence electrons. The Labute approximate surface area is 124 Å². The summed E-state index contributed by atoms with van der Waals surface area (Å²) in [5.41, 5.74) is 1.18. The van der Waals surface area contributed by atoms with Gasteiger partial charge in [-0.25, -0.2) is 0 Å². The van der Waals surface area contributed by atoms with Crippen molar-refractivity contribution in [2.24, 2.45) is 5.92 Å². The van der Waals surface area contributed by atoms with Crippen molar-refractivity contribution >= 4 is 0 Å². The van der Waals surface area contributed by atoms with Crippen LogP contribution in [0.15, 0.2) is 34.9 Å². The molecule has 2 aliphatic rings. The van der Waals surface area contributed by atoms with E-state index in [9.17, 15) is 0 Å². The second-order valence-corrected chi connectivity index (χ2v) is 6.48. The largest absolute Gasteiger partial charge is 0.338 e. The van der Waals surface area contributed by atoms with Crippen LogP contribution in [0.5, 0.6) is 0 Å². The van der Waals surface area contributed by atoms with Crippen molar-refractivity contribution in [2.45, 2.75) is 37.5 Å². The Hall–Kier alpha value is -1.68. The van der Waals surface area contributed by atoms with E-state index in [0.717, 1.165) is 37.6 Å². The van der Waals surface area contributed by atoms with Gasteiger partial charge >= 0.3 is 0 Å². The second kappa shape index (κ2) is 4.95. The molecule has 2 fully saturated rings. The van der Waals surface area contributed by atoms with Gasteiger partial charge < -0.3 is 9.84 Å². The zero-order chi connectivity index (χ0) is 14.3. The maximum absolute atomic E-state index is 5.72. The fourth-order valence-electron chi connectivity index (χ4n) is 3.50. The van der Waals surface area contributed by atoms with Crippen molar-refractivity contribution in [3.05, 3.63) is 47.6 Å². The number of aromatic nitrogens is 2. The quantitative estimate of drug-likeness (QED) is 0.941. The van der Waals surface area contributed by atoms with Crippen LogP contribution in [0.2, 0.25) is 0 Å². The molecule has 1 aromatic heterocycles. The monoisotopic (exact) mass is 283 g/mol. The molecular formula is C17H21N3O. The van der Waals surface area contributed by atoms with E-state index in [-0.39, 0.29) is 5.41 Å². The van der Waals surface area contributed by atoms with Crippen molar-refractivity contribution in [3.8, 4) is 0 Å². The lowest BCUT2D eigenvalue weighted by molar-refractivity contribution is 0.259. The predicted molar refractivity (Wildman–Crippen MR) is 80.1 cm³/mol. The highest BCUT2D eigenvalue weighted by molar-refractivity contribution is 5.33. The smallest absolute Gasteiger partial charge is 0.237 e. The summed E-state index contributed by atoms with van der Waals surface area (Å²) < 4.78 is 5.72. The normalized spacial score (nSPS) is 27.5.